The molecule has 3 aromatic rings. The SMILES string of the molecule is CCCNC(=O)Nc1ccc(C(=O)c2c(C)c(OCCOC)c3ccccn23)cc1C(=O)O. The Balaban J connectivity index is 2.00. The normalized spacial score (nSPS) is 10.8. The van der Waals surface area contributed by atoms with Crippen molar-refractivity contribution in [1.29, 1.82) is 0 Å². The second kappa shape index (κ2) is 10.6. The van der Waals surface area contributed by atoms with E-state index in [1.165, 1.54) is 18.2 Å². The van der Waals surface area contributed by atoms with Gasteiger partial charge in [-0.25, -0.2) is 9.59 Å². The van der Waals surface area contributed by atoms with Crippen molar-refractivity contribution in [1.82, 2.24) is 9.72 Å². The van der Waals surface area contributed by atoms with Gasteiger partial charge in [-0.15, -0.1) is 0 Å². The Bertz CT molecular complexity index is 1180. The first-order valence-electron chi connectivity index (χ1n) is 10.6. The molecule has 3 rings (SSSR count). The number of ether oxygens (including phenoxy) is 2. The standard InChI is InChI=1S/C24H27N3O6/c1-4-10-25-24(31)26-18-9-8-16(14-17(18)23(29)30)21(28)20-15(2)22(33-13-12-32-3)19-7-5-6-11-27(19)20/h5-9,11,14H,4,10,12-13H2,1-3H3,(H,29,30)(H2,25,26,31). The number of carbonyl (C=O) groups excluding carboxylic acids is 2. The van der Waals surface area contributed by atoms with Gasteiger partial charge in [0.05, 0.1) is 23.4 Å². The van der Waals surface area contributed by atoms with Crippen molar-refractivity contribution in [3.05, 3.63) is 65.0 Å². The summed E-state index contributed by atoms with van der Waals surface area (Å²) in [6.45, 7) is 4.87. The second-order valence-electron chi connectivity index (χ2n) is 7.38. The van der Waals surface area contributed by atoms with Crippen LogP contribution in [-0.4, -0.2) is 54.2 Å². The molecule has 0 bridgehead atoms. The molecule has 2 aromatic heterocycles. The van der Waals surface area contributed by atoms with E-state index < -0.39 is 12.0 Å². The Morgan fingerprint density at radius 1 is 1.12 bits per heavy atom. The van der Waals surface area contributed by atoms with E-state index >= 15 is 0 Å². The molecule has 1 aromatic carbocycles. The van der Waals surface area contributed by atoms with Gasteiger partial charge in [0, 0.05) is 31.0 Å². The number of fused-ring (bicyclic) bond motifs is 1. The third-order valence-corrected chi connectivity index (χ3v) is 5.07. The highest BCUT2D eigenvalue weighted by molar-refractivity contribution is 6.12. The Morgan fingerprint density at radius 3 is 2.61 bits per heavy atom. The summed E-state index contributed by atoms with van der Waals surface area (Å²) in [4.78, 5) is 37.3. The molecule has 2 heterocycles. The second-order valence-corrected chi connectivity index (χ2v) is 7.38. The van der Waals surface area contributed by atoms with E-state index in [0.717, 1.165) is 11.9 Å². The summed E-state index contributed by atoms with van der Waals surface area (Å²) in [5.74, 6) is -1.05. The summed E-state index contributed by atoms with van der Waals surface area (Å²) in [6.07, 6.45) is 2.50. The fourth-order valence-corrected chi connectivity index (χ4v) is 3.51. The minimum absolute atomic E-state index is 0.105. The summed E-state index contributed by atoms with van der Waals surface area (Å²) in [7, 11) is 1.58. The summed E-state index contributed by atoms with van der Waals surface area (Å²) in [5, 5.41) is 14.8. The molecule has 0 spiro atoms. The highest BCUT2D eigenvalue weighted by Gasteiger charge is 2.24. The van der Waals surface area contributed by atoms with Crippen LogP contribution in [0.5, 0.6) is 5.75 Å². The summed E-state index contributed by atoms with van der Waals surface area (Å²) in [6, 6.07) is 9.17. The molecular formula is C24H27N3O6. The first-order chi connectivity index (χ1) is 15.9. The van der Waals surface area contributed by atoms with E-state index in [4.69, 9.17) is 9.47 Å². The van der Waals surface area contributed by atoms with Crippen LogP contribution in [0.15, 0.2) is 42.6 Å². The number of hydrogen-bond acceptors (Lipinski definition) is 5. The van der Waals surface area contributed by atoms with Crippen LogP contribution in [-0.2, 0) is 4.74 Å². The fourth-order valence-electron chi connectivity index (χ4n) is 3.51. The summed E-state index contributed by atoms with van der Waals surface area (Å²) in [5.41, 5.74) is 1.84. The van der Waals surface area contributed by atoms with Crippen molar-refractivity contribution in [3.63, 3.8) is 0 Å². The van der Waals surface area contributed by atoms with Crippen molar-refractivity contribution >= 4 is 29.0 Å². The minimum Gasteiger partial charge on any atom is -0.489 e. The topological polar surface area (TPSA) is 118 Å². The van der Waals surface area contributed by atoms with E-state index in [1.54, 1.807) is 30.7 Å². The zero-order valence-electron chi connectivity index (χ0n) is 18.8. The number of amides is 2. The lowest BCUT2D eigenvalue weighted by atomic mass is 10.0. The van der Waals surface area contributed by atoms with Crippen LogP contribution in [0.1, 0.15) is 45.3 Å². The Morgan fingerprint density at radius 2 is 1.91 bits per heavy atom. The van der Waals surface area contributed by atoms with Crippen LogP contribution >= 0.6 is 0 Å². The number of nitrogens with one attached hydrogen (secondary N) is 2. The average Bonchev–Trinajstić information content (AvgIpc) is 3.08. The molecule has 33 heavy (non-hydrogen) atoms. The Hall–Kier alpha value is -3.85. The molecule has 174 valence electrons. The molecule has 0 fully saturated rings. The van der Waals surface area contributed by atoms with Gasteiger partial charge in [-0.1, -0.05) is 13.0 Å². The van der Waals surface area contributed by atoms with Crippen LogP contribution in [0.2, 0.25) is 0 Å². The van der Waals surface area contributed by atoms with Gasteiger partial charge in [-0.3, -0.25) is 4.79 Å². The molecule has 0 saturated heterocycles. The van der Waals surface area contributed by atoms with Crippen molar-refractivity contribution in [2.75, 3.05) is 32.2 Å². The molecule has 9 nitrogen and oxygen atoms in total. The lowest BCUT2D eigenvalue weighted by Crippen LogP contribution is -2.30. The number of rotatable bonds is 10. The van der Waals surface area contributed by atoms with Crippen LogP contribution in [0.25, 0.3) is 5.52 Å². The van der Waals surface area contributed by atoms with Crippen molar-refractivity contribution in [2.45, 2.75) is 20.3 Å². The molecular weight excluding hydrogens is 426 g/mol. The van der Waals surface area contributed by atoms with Gasteiger partial charge in [0.1, 0.15) is 18.1 Å². The zero-order chi connectivity index (χ0) is 24.0. The fraction of sp³-hybridized carbons (Fsp3) is 0.292. The highest BCUT2D eigenvalue weighted by Crippen LogP contribution is 2.32. The number of hydrogen-bond donors (Lipinski definition) is 3. The molecule has 3 N–H and O–H groups in total. The largest absolute Gasteiger partial charge is 0.489 e. The lowest BCUT2D eigenvalue weighted by molar-refractivity contribution is 0.0698. The molecule has 0 aliphatic rings. The van der Waals surface area contributed by atoms with E-state index in [-0.39, 0.29) is 22.6 Å². The van der Waals surface area contributed by atoms with Crippen LogP contribution in [0.4, 0.5) is 10.5 Å². The number of ketones is 1. The van der Waals surface area contributed by atoms with Gasteiger partial charge in [0.2, 0.25) is 5.78 Å². The number of carboxylic acids is 1. The first-order valence-corrected chi connectivity index (χ1v) is 10.6. The first kappa shape index (κ1) is 23.8. The molecule has 0 saturated carbocycles. The molecule has 2 amide bonds. The molecule has 0 aliphatic heterocycles. The monoisotopic (exact) mass is 453 g/mol. The van der Waals surface area contributed by atoms with E-state index in [1.807, 2.05) is 19.1 Å². The Labute approximate surface area is 191 Å². The number of aromatic nitrogens is 1. The van der Waals surface area contributed by atoms with E-state index in [0.29, 0.717) is 36.8 Å². The van der Waals surface area contributed by atoms with E-state index in [9.17, 15) is 19.5 Å². The van der Waals surface area contributed by atoms with Gasteiger partial charge < -0.3 is 29.6 Å². The van der Waals surface area contributed by atoms with Crippen molar-refractivity contribution < 1.29 is 29.0 Å². The number of carbonyl (C=O) groups is 3. The smallest absolute Gasteiger partial charge is 0.337 e. The molecule has 0 unspecified atom stereocenters. The van der Waals surface area contributed by atoms with Crippen molar-refractivity contribution in [2.24, 2.45) is 0 Å². The number of methoxy groups -OCH3 is 1. The Kier molecular flexibility index (Phi) is 7.68. The summed E-state index contributed by atoms with van der Waals surface area (Å²) >= 11 is 0. The molecule has 0 radical (unpaired) electrons. The number of carboxylic acid groups (broad SMARTS) is 1. The maximum absolute atomic E-state index is 13.5. The number of anilines is 1. The van der Waals surface area contributed by atoms with Crippen LogP contribution in [0, 0.1) is 6.92 Å². The number of urea groups is 1. The zero-order valence-corrected chi connectivity index (χ0v) is 18.8. The van der Waals surface area contributed by atoms with Gasteiger partial charge >= 0.3 is 12.0 Å². The number of benzene rings is 1. The lowest BCUT2D eigenvalue weighted by Gasteiger charge is -2.11. The highest BCUT2D eigenvalue weighted by atomic mass is 16.5. The van der Waals surface area contributed by atoms with Gasteiger partial charge in [0.25, 0.3) is 0 Å². The number of pyridine rings is 1. The van der Waals surface area contributed by atoms with E-state index in [2.05, 4.69) is 10.6 Å². The maximum atomic E-state index is 13.5. The summed E-state index contributed by atoms with van der Waals surface area (Å²) < 4.78 is 12.6. The van der Waals surface area contributed by atoms with Gasteiger partial charge in [-0.05, 0) is 43.7 Å². The molecule has 9 heteroatoms. The third kappa shape index (κ3) is 5.15. The van der Waals surface area contributed by atoms with Crippen molar-refractivity contribution in [3.8, 4) is 5.75 Å². The minimum atomic E-state index is -1.25. The van der Waals surface area contributed by atoms with Crippen LogP contribution in [0.3, 0.4) is 0 Å². The molecule has 0 atom stereocenters. The predicted molar refractivity (Wildman–Crippen MR) is 124 cm³/mol. The number of nitrogens with zero attached hydrogens (tertiary/aromatic N) is 1. The van der Waals surface area contributed by atoms with Gasteiger partial charge in [-0.2, -0.15) is 0 Å². The average molecular weight is 453 g/mol. The predicted octanol–water partition coefficient (Wildman–Crippen LogP) is 3.73. The van der Waals surface area contributed by atoms with Gasteiger partial charge in [0.15, 0.2) is 0 Å². The number of aromatic carboxylic acids is 1. The maximum Gasteiger partial charge on any atom is 0.337 e. The quantitative estimate of drug-likeness (QED) is 0.318. The van der Waals surface area contributed by atoms with Crippen LogP contribution < -0.4 is 15.4 Å². The third-order valence-electron chi connectivity index (χ3n) is 5.07. The molecule has 0 aliphatic carbocycles.